The molecule has 0 aliphatic rings. The Morgan fingerprint density at radius 3 is 2.67 bits per heavy atom. The highest BCUT2D eigenvalue weighted by molar-refractivity contribution is 6.07. The maximum atomic E-state index is 12.2. The van der Waals surface area contributed by atoms with Crippen LogP contribution >= 0.6 is 0 Å². The van der Waals surface area contributed by atoms with E-state index in [4.69, 9.17) is 10.8 Å². The Kier molecular flexibility index (Phi) is 4.13. The van der Waals surface area contributed by atoms with Crippen LogP contribution in [0.15, 0.2) is 36.5 Å². The summed E-state index contributed by atoms with van der Waals surface area (Å²) in [4.78, 5) is 38.2. The van der Waals surface area contributed by atoms with Gasteiger partial charge in [-0.15, -0.1) is 0 Å². The molecule has 1 unspecified atom stereocenters. The molecule has 2 aromatic rings. The third-order valence-electron chi connectivity index (χ3n) is 2.90. The molecule has 7 heteroatoms. The first-order valence-corrected chi connectivity index (χ1v) is 6.14. The van der Waals surface area contributed by atoms with Crippen LogP contribution in [-0.4, -0.2) is 33.9 Å². The Labute approximate surface area is 119 Å². The van der Waals surface area contributed by atoms with Crippen LogP contribution in [-0.2, 0) is 9.59 Å². The van der Waals surface area contributed by atoms with Gasteiger partial charge in [0.05, 0.1) is 11.9 Å². The molecule has 1 aromatic carbocycles. The maximum Gasteiger partial charge on any atom is 0.326 e. The Morgan fingerprint density at radius 2 is 2.00 bits per heavy atom. The van der Waals surface area contributed by atoms with Crippen LogP contribution < -0.4 is 11.1 Å². The molecular formula is C14H13N3O4. The summed E-state index contributed by atoms with van der Waals surface area (Å²) in [6.45, 7) is 0. The number of nitrogens with zero attached hydrogens (tertiary/aromatic N) is 1. The molecule has 7 nitrogen and oxygen atoms in total. The van der Waals surface area contributed by atoms with Crippen LogP contribution in [0, 0.1) is 0 Å². The number of aliphatic carboxylic acids is 1. The van der Waals surface area contributed by atoms with Gasteiger partial charge >= 0.3 is 5.97 Å². The number of benzene rings is 1. The van der Waals surface area contributed by atoms with Crippen LogP contribution in [0.25, 0.3) is 10.9 Å². The van der Waals surface area contributed by atoms with Crippen molar-refractivity contribution in [3.8, 4) is 0 Å². The number of hydrogen-bond donors (Lipinski definition) is 3. The predicted molar refractivity (Wildman–Crippen MR) is 74.4 cm³/mol. The summed E-state index contributed by atoms with van der Waals surface area (Å²) in [5.74, 6) is -2.72. The Balaban J connectivity index is 2.29. The molecule has 1 atom stereocenters. The van der Waals surface area contributed by atoms with Crippen molar-refractivity contribution in [3.63, 3.8) is 0 Å². The number of nitrogens with two attached hydrogens (primary N) is 1. The number of fused-ring (bicyclic) bond motifs is 1. The largest absolute Gasteiger partial charge is 0.480 e. The average Bonchev–Trinajstić information content (AvgIpc) is 2.45. The summed E-state index contributed by atoms with van der Waals surface area (Å²) < 4.78 is 0. The van der Waals surface area contributed by atoms with Crippen molar-refractivity contribution in [2.45, 2.75) is 12.5 Å². The molecule has 0 saturated carbocycles. The number of primary amides is 1. The van der Waals surface area contributed by atoms with Crippen molar-refractivity contribution in [1.82, 2.24) is 10.3 Å². The number of carboxylic acids is 1. The van der Waals surface area contributed by atoms with Crippen molar-refractivity contribution in [2.24, 2.45) is 5.73 Å². The number of carboxylic acid groups (broad SMARTS) is 1. The van der Waals surface area contributed by atoms with Gasteiger partial charge in [0, 0.05) is 17.1 Å². The molecular weight excluding hydrogens is 274 g/mol. The van der Waals surface area contributed by atoms with Gasteiger partial charge in [0.1, 0.15) is 6.04 Å². The van der Waals surface area contributed by atoms with Gasteiger partial charge in [-0.2, -0.15) is 0 Å². The Morgan fingerprint density at radius 1 is 1.24 bits per heavy atom. The smallest absolute Gasteiger partial charge is 0.326 e. The van der Waals surface area contributed by atoms with E-state index < -0.39 is 30.2 Å². The van der Waals surface area contributed by atoms with Gasteiger partial charge in [0.2, 0.25) is 5.91 Å². The molecule has 0 aliphatic heterocycles. The molecule has 1 heterocycles. The summed E-state index contributed by atoms with van der Waals surface area (Å²) in [6, 6.07) is 6.97. The fourth-order valence-electron chi connectivity index (χ4n) is 1.94. The van der Waals surface area contributed by atoms with Crippen LogP contribution in [0.3, 0.4) is 0 Å². The number of aromatic nitrogens is 1. The Hall–Kier alpha value is -2.96. The minimum atomic E-state index is -1.36. The molecule has 1 aromatic heterocycles. The lowest BCUT2D eigenvalue weighted by Crippen LogP contribution is -2.43. The second-order valence-corrected chi connectivity index (χ2v) is 4.41. The minimum absolute atomic E-state index is 0.288. The standard InChI is InChI=1S/C14H13N3O4/c15-12(18)7-11(14(20)21)17-13(19)9-3-1-5-10-8(9)4-2-6-16-10/h1-6,11H,7H2,(H2,15,18)(H,17,19)(H,20,21). The first-order chi connectivity index (χ1) is 9.99. The Bertz CT molecular complexity index is 709. The molecule has 2 rings (SSSR count). The highest BCUT2D eigenvalue weighted by Gasteiger charge is 2.23. The number of pyridine rings is 1. The topological polar surface area (TPSA) is 122 Å². The van der Waals surface area contributed by atoms with Gasteiger partial charge in [-0.1, -0.05) is 12.1 Å². The van der Waals surface area contributed by atoms with Gasteiger partial charge in [-0.05, 0) is 18.2 Å². The van der Waals surface area contributed by atoms with E-state index in [9.17, 15) is 14.4 Å². The van der Waals surface area contributed by atoms with Gasteiger partial charge in [-0.25, -0.2) is 4.79 Å². The number of rotatable bonds is 5. The zero-order chi connectivity index (χ0) is 15.4. The molecule has 0 fully saturated rings. The van der Waals surface area contributed by atoms with Gasteiger partial charge in [0.25, 0.3) is 5.91 Å². The number of carbonyl (C=O) groups is 3. The molecule has 0 spiro atoms. The van der Waals surface area contributed by atoms with Crippen LogP contribution in [0.1, 0.15) is 16.8 Å². The normalized spacial score (nSPS) is 11.8. The van der Waals surface area contributed by atoms with Crippen molar-refractivity contribution < 1.29 is 19.5 Å². The zero-order valence-corrected chi connectivity index (χ0v) is 10.9. The molecule has 0 radical (unpaired) electrons. The first-order valence-electron chi connectivity index (χ1n) is 6.14. The molecule has 0 saturated heterocycles. The minimum Gasteiger partial charge on any atom is -0.480 e. The van der Waals surface area contributed by atoms with Gasteiger partial charge in [0.15, 0.2) is 0 Å². The SMILES string of the molecule is NC(=O)CC(NC(=O)c1cccc2ncccc12)C(=O)O. The fourth-order valence-corrected chi connectivity index (χ4v) is 1.94. The monoisotopic (exact) mass is 287 g/mol. The van der Waals surface area contributed by atoms with E-state index in [1.54, 1.807) is 36.5 Å². The van der Waals surface area contributed by atoms with E-state index in [1.165, 1.54) is 0 Å². The van der Waals surface area contributed by atoms with Crippen LogP contribution in [0.2, 0.25) is 0 Å². The van der Waals surface area contributed by atoms with E-state index in [2.05, 4.69) is 10.3 Å². The zero-order valence-electron chi connectivity index (χ0n) is 10.9. The first kappa shape index (κ1) is 14.4. The molecule has 0 aliphatic carbocycles. The molecule has 4 N–H and O–H groups in total. The van der Waals surface area contributed by atoms with Gasteiger partial charge in [-0.3, -0.25) is 14.6 Å². The number of hydrogen-bond acceptors (Lipinski definition) is 4. The molecule has 0 bridgehead atoms. The van der Waals surface area contributed by atoms with Crippen molar-refractivity contribution in [1.29, 1.82) is 0 Å². The van der Waals surface area contributed by atoms with E-state index in [0.29, 0.717) is 10.9 Å². The van der Waals surface area contributed by atoms with Crippen LogP contribution in [0.4, 0.5) is 0 Å². The second kappa shape index (κ2) is 6.00. The summed E-state index contributed by atoms with van der Waals surface area (Å²) in [5, 5.41) is 11.9. The fraction of sp³-hybridized carbons (Fsp3) is 0.143. The van der Waals surface area contributed by atoms with Crippen molar-refractivity contribution in [3.05, 3.63) is 42.1 Å². The summed E-state index contributed by atoms with van der Waals surface area (Å²) in [5.41, 5.74) is 5.88. The van der Waals surface area contributed by atoms with E-state index in [-0.39, 0.29) is 5.56 Å². The lowest BCUT2D eigenvalue weighted by atomic mass is 10.1. The van der Waals surface area contributed by atoms with E-state index in [1.807, 2.05) is 0 Å². The maximum absolute atomic E-state index is 12.2. The highest BCUT2D eigenvalue weighted by atomic mass is 16.4. The van der Waals surface area contributed by atoms with Crippen molar-refractivity contribution in [2.75, 3.05) is 0 Å². The van der Waals surface area contributed by atoms with Crippen molar-refractivity contribution >= 4 is 28.7 Å². The third-order valence-corrected chi connectivity index (χ3v) is 2.90. The van der Waals surface area contributed by atoms with Gasteiger partial charge < -0.3 is 16.2 Å². The van der Waals surface area contributed by atoms with E-state index in [0.717, 1.165) is 0 Å². The second-order valence-electron chi connectivity index (χ2n) is 4.41. The quantitative estimate of drug-likeness (QED) is 0.729. The van der Waals surface area contributed by atoms with Crippen LogP contribution in [0.5, 0.6) is 0 Å². The average molecular weight is 287 g/mol. The number of carbonyl (C=O) groups excluding carboxylic acids is 2. The lowest BCUT2D eigenvalue weighted by molar-refractivity contribution is -0.140. The summed E-state index contributed by atoms with van der Waals surface area (Å²) >= 11 is 0. The summed E-state index contributed by atoms with van der Waals surface area (Å²) in [6.07, 6.45) is 1.13. The molecule has 2 amide bonds. The highest BCUT2D eigenvalue weighted by Crippen LogP contribution is 2.16. The molecule has 21 heavy (non-hydrogen) atoms. The number of nitrogens with one attached hydrogen (secondary N) is 1. The lowest BCUT2D eigenvalue weighted by Gasteiger charge is -2.13. The third kappa shape index (κ3) is 3.33. The predicted octanol–water partition coefficient (Wildman–Crippen LogP) is 0.293. The number of amides is 2. The summed E-state index contributed by atoms with van der Waals surface area (Å²) in [7, 11) is 0. The van der Waals surface area contributed by atoms with E-state index >= 15 is 0 Å². The molecule has 108 valence electrons.